The molecule has 2 N–H and O–H groups in total. The summed E-state index contributed by atoms with van der Waals surface area (Å²) in [5, 5.41) is 16.4. The standard InChI is InChI=1S/C7H13N5O2/c1-8-3-4-9-6-7(12(13)14)10-5-11(6)2/h5,8-9H,3-4H2,1-2H3. The largest absolute Gasteiger partial charge is 0.406 e. The van der Waals surface area contributed by atoms with Gasteiger partial charge in [-0.15, -0.1) is 0 Å². The van der Waals surface area contributed by atoms with E-state index >= 15 is 0 Å². The maximum absolute atomic E-state index is 10.5. The number of aryl methyl sites for hydroxylation is 1. The van der Waals surface area contributed by atoms with Gasteiger partial charge in [-0.1, -0.05) is 0 Å². The van der Waals surface area contributed by atoms with E-state index in [0.717, 1.165) is 6.54 Å². The van der Waals surface area contributed by atoms with Crippen LogP contribution in [0.15, 0.2) is 6.33 Å². The highest BCUT2D eigenvalue weighted by Gasteiger charge is 2.18. The van der Waals surface area contributed by atoms with Gasteiger partial charge >= 0.3 is 5.82 Å². The summed E-state index contributed by atoms with van der Waals surface area (Å²) >= 11 is 0. The van der Waals surface area contributed by atoms with Crippen LogP contribution < -0.4 is 10.6 Å². The molecular formula is C7H13N5O2. The van der Waals surface area contributed by atoms with Gasteiger partial charge in [0.15, 0.2) is 0 Å². The number of rotatable bonds is 5. The Bertz CT molecular complexity index is 322. The molecular weight excluding hydrogens is 186 g/mol. The van der Waals surface area contributed by atoms with Gasteiger partial charge in [-0.05, 0) is 17.0 Å². The summed E-state index contributed by atoms with van der Waals surface area (Å²) in [6.07, 6.45) is 1.42. The number of nitrogens with zero attached hydrogens (tertiary/aromatic N) is 3. The van der Waals surface area contributed by atoms with Crippen molar-refractivity contribution in [2.24, 2.45) is 7.05 Å². The van der Waals surface area contributed by atoms with Crippen molar-refractivity contribution in [3.63, 3.8) is 0 Å². The van der Waals surface area contributed by atoms with Crippen LogP contribution in [0.25, 0.3) is 0 Å². The molecule has 1 aromatic heterocycles. The Labute approximate surface area is 81.3 Å². The maximum Gasteiger partial charge on any atom is 0.406 e. The van der Waals surface area contributed by atoms with E-state index in [1.807, 2.05) is 7.05 Å². The fourth-order valence-electron chi connectivity index (χ4n) is 1.06. The lowest BCUT2D eigenvalue weighted by Crippen LogP contribution is -2.19. The minimum atomic E-state index is -0.498. The van der Waals surface area contributed by atoms with Gasteiger partial charge in [0.25, 0.3) is 0 Å². The Morgan fingerprint density at radius 3 is 2.93 bits per heavy atom. The van der Waals surface area contributed by atoms with Crippen LogP contribution in [-0.2, 0) is 7.05 Å². The van der Waals surface area contributed by atoms with E-state index in [-0.39, 0.29) is 5.82 Å². The lowest BCUT2D eigenvalue weighted by Gasteiger charge is -2.04. The zero-order valence-electron chi connectivity index (χ0n) is 8.15. The van der Waals surface area contributed by atoms with Crippen LogP contribution in [0.5, 0.6) is 0 Å². The third-order valence-corrected chi connectivity index (χ3v) is 1.76. The molecule has 0 aliphatic rings. The van der Waals surface area contributed by atoms with Gasteiger partial charge in [-0.2, -0.15) is 0 Å². The first-order valence-electron chi connectivity index (χ1n) is 4.21. The summed E-state index contributed by atoms with van der Waals surface area (Å²) in [6, 6.07) is 0. The van der Waals surface area contributed by atoms with E-state index in [1.165, 1.54) is 6.33 Å². The highest BCUT2D eigenvalue weighted by molar-refractivity contribution is 5.51. The van der Waals surface area contributed by atoms with Crippen LogP contribution in [0, 0.1) is 10.1 Å². The molecule has 7 nitrogen and oxygen atoms in total. The average Bonchev–Trinajstić information content (AvgIpc) is 2.48. The average molecular weight is 199 g/mol. The molecule has 0 bridgehead atoms. The molecule has 0 spiro atoms. The van der Waals surface area contributed by atoms with E-state index < -0.39 is 4.92 Å². The van der Waals surface area contributed by atoms with E-state index in [2.05, 4.69) is 15.6 Å². The van der Waals surface area contributed by atoms with Crippen molar-refractivity contribution in [1.29, 1.82) is 0 Å². The van der Waals surface area contributed by atoms with Crippen LogP contribution in [0.1, 0.15) is 0 Å². The minimum absolute atomic E-state index is 0.136. The van der Waals surface area contributed by atoms with Gasteiger partial charge in [0, 0.05) is 20.1 Å². The first kappa shape index (κ1) is 10.5. The number of aromatic nitrogens is 2. The van der Waals surface area contributed by atoms with Gasteiger partial charge in [0.2, 0.25) is 12.1 Å². The molecule has 7 heteroatoms. The quantitative estimate of drug-likeness (QED) is 0.395. The first-order valence-corrected chi connectivity index (χ1v) is 4.21. The number of nitrogens with one attached hydrogen (secondary N) is 2. The number of anilines is 1. The number of nitro groups is 1. The van der Waals surface area contributed by atoms with Gasteiger partial charge in [-0.3, -0.25) is 4.57 Å². The molecule has 0 fully saturated rings. The molecule has 0 aliphatic heterocycles. The number of hydrogen-bond donors (Lipinski definition) is 2. The summed E-state index contributed by atoms with van der Waals surface area (Å²) < 4.78 is 1.59. The summed E-state index contributed by atoms with van der Waals surface area (Å²) in [7, 11) is 3.53. The fraction of sp³-hybridized carbons (Fsp3) is 0.571. The highest BCUT2D eigenvalue weighted by Crippen LogP contribution is 2.20. The monoisotopic (exact) mass is 199 g/mol. The van der Waals surface area contributed by atoms with Crippen molar-refractivity contribution in [3.05, 3.63) is 16.4 Å². The second kappa shape index (κ2) is 4.56. The van der Waals surface area contributed by atoms with Gasteiger partial charge in [-0.25, -0.2) is 0 Å². The second-order valence-corrected chi connectivity index (χ2v) is 2.82. The van der Waals surface area contributed by atoms with Gasteiger partial charge in [0.05, 0.1) is 0 Å². The molecule has 0 amide bonds. The zero-order valence-corrected chi connectivity index (χ0v) is 8.15. The predicted molar refractivity (Wildman–Crippen MR) is 52.3 cm³/mol. The molecule has 1 rings (SSSR count). The van der Waals surface area contributed by atoms with Gasteiger partial charge in [0.1, 0.15) is 0 Å². The Morgan fingerprint density at radius 1 is 1.64 bits per heavy atom. The van der Waals surface area contributed by atoms with E-state index in [0.29, 0.717) is 12.4 Å². The van der Waals surface area contributed by atoms with Crippen molar-refractivity contribution < 1.29 is 4.92 Å². The van der Waals surface area contributed by atoms with Crippen molar-refractivity contribution in [3.8, 4) is 0 Å². The highest BCUT2D eigenvalue weighted by atomic mass is 16.6. The first-order chi connectivity index (χ1) is 6.66. The van der Waals surface area contributed by atoms with Crippen LogP contribution in [-0.4, -0.2) is 34.6 Å². The smallest absolute Gasteiger partial charge is 0.363 e. The van der Waals surface area contributed by atoms with E-state index in [4.69, 9.17) is 0 Å². The molecule has 14 heavy (non-hydrogen) atoms. The van der Waals surface area contributed by atoms with Crippen LogP contribution in [0.4, 0.5) is 11.6 Å². The minimum Gasteiger partial charge on any atom is -0.363 e. The van der Waals surface area contributed by atoms with Crippen molar-refractivity contribution in [2.45, 2.75) is 0 Å². The Kier molecular flexibility index (Phi) is 3.41. The maximum atomic E-state index is 10.5. The molecule has 0 radical (unpaired) electrons. The molecule has 0 unspecified atom stereocenters. The van der Waals surface area contributed by atoms with Crippen molar-refractivity contribution >= 4 is 11.6 Å². The predicted octanol–water partition coefficient (Wildman–Crippen LogP) is -0.0404. The van der Waals surface area contributed by atoms with Crippen LogP contribution in [0.2, 0.25) is 0 Å². The number of hydrogen-bond acceptors (Lipinski definition) is 5. The summed E-state index contributed by atoms with van der Waals surface area (Å²) in [5.41, 5.74) is 0. The van der Waals surface area contributed by atoms with Gasteiger partial charge < -0.3 is 20.7 Å². The number of imidazole rings is 1. The molecule has 0 saturated heterocycles. The molecule has 0 saturated carbocycles. The normalized spacial score (nSPS) is 10.1. The zero-order chi connectivity index (χ0) is 10.6. The van der Waals surface area contributed by atoms with E-state index in [9.17, 15) is 10.1 Å². The molecule has 0 atom stereocenters. The molecule has 0 aliphatic carbocycles. The lowest BCUT2D eigenvalue weighted by molar-refractivity contribution is -0.388. The van der Waals surface area contributed by atoms with Crippen LogP contribution >= 0.6 is 0 Å². The van der Waals surface area contributed by atoms with Crippen molar-refractivity contribution in [1.82, 2.24) is 14.9 Å². The summed E-state index contributed by atoms with van der Waals surface area (Å²) in [5.74, 6) is 0.300. The Hall–Kier alpha value is -1.63. The molecule has 1 heterocycles. The molecule has 78 valence electrons. The molecule has 0 aromatic carbocycles. The lowest BCUT2D eigenvalue weighted by atomic mass is 10.5. The summed E-state index contributed by atoms with van der Waals surface area (Å²) in [6.45, 7) is 1.36. The topological polar surface area (TPSA) is 85.0 Å². The Morgan fingerprint density at radius 2 is 2.36 bits per heavy atom. The van der Waals surface area contributed by atoms with Crippen LogP contribution in [0.3, 0.4) is 0 Å². The third-order valence-electron chi connectivity index (χ3n) is 1.76. The van der Waals surface area contributed by atoms with Crippen molar-refractivity contribution in [2.75, 3.05) is 25.5 Å². The SMILES string of the molecule is CNCCNc1c([N+](=O)[O-])ncn1C. The fourth-order valence-corrected chi connectivity index (χ4v) is 1.06. The Balaban J connectivity index is 2.72. The van der Waals surface area contributed by atoms with E-state index in [1.54, 1.807) is 11.6 Å². The molecule has 1 aromatic rings. The second-order valence-electron chi connectivity index (χ2n) is 2.82. The summed E-state index contributed by atoms with van der Waals surface area (Å²) in [4.78, 5) is 13.7. The third kappa shape index (κ3) is 2.19. The number of likely N-dealkylation sites (N-methyl/N-ethyl adjacent to an activating group) is 1.